The number of fused-ring (bicyclic) bond motifs is 1. The third-order valence-electron chi connectivity index (χ3n) is 8.45. The molecule has 1 aliphatic heterocycles. The minimum atomic E-state index is -0.170. The summed E-state index contributed by atoms with van der Waals surface area (Å²) in [7, 11) is 2.01. The Bertz CT molecular complexity index is 1510. The third-order valence-corrected chi connectivity index (χ3v) is 8.45. The fourth-order valence-electron chi connectivity index (χ4n) is 6.78. The van der Waals surface area contributed by atoms with Crippen molar-refractivity contribution < 1.29 is 0 Å². The van der Waals surface area contributed by atoms with E-state index >= 15 is 0 Å². The van der Waals surface area contributed by atoms with Gasteiger partial charge >= 0.3 is 0 Å². The van der Waals surface area contributed by atoms with Gasteiger partial charge in [-0.2, -0.15) is 0 Å². The average molecular weight is 497 g/mol. The predicted molar refractivity (Wildman–Crippen MR) is 145 cm³/mol. The SMILES string of the molecule is Cc1cc(CN2CCC[C@H](C)C2)cn2c(=O)c(-c3cccc(C4(c5nncn5C)CC(C)C4)c3)cnc12. The van der Waals surface area contributed by atoms with Gasteiger partial charge in [0.25, 0.3) is 5.56 Å². The Morgan fingerprint density at radius 3 is 2.70 bits per heavy atom. The Hall–Kier alpha value is -3.32. The maximum absolute atomic E-state index is 13.8. The molecule has 0 radical (unpaired) electrons. The second kappa shape index (κ2) is 9.21. The minimum Gasteiger partial charge on any atom is -0.320 e. The van der Waals surface area contributed by atoms with Crippen LogP contribution in [0.5, 0.6) is 0 Å². The highest BCUT2D eigenvalue weighted by Crippen LogP contribution is 2.51. The lowest BCUT2D eigenvalue weighted by molar-refractivity contribution is 0.176. The molecule has 1 saturated heterocycles. The standard InChI is InChI=1S/C30H36N6O/c1-20-7-6-10-35(16-20)17-23-11-22(3)27-31-15-26(28(37)36(27)18-23)24-8-5-9-25(12-24)30(13-21(2)14-30)29-33-32-19-34(29)4/h5,8-9,11-12,15,18-21H,6-7,10,13-14,16-17H2,1-4H3/t20-,21?,30?/m0/s1. The molecule has 4 aromatic rings. The van der Waals surface area contributed by atoms with Crippen molar-refractivity contribution in [3.63, 3.8) is 0 Å². The quantitative estimate of drug-likeness (QED) is 0.399. The van der Waals surface area contributed by atoms with Crippen molar-refractivity contribution in [1.82, 2.24) is 29.0 Å². The molecule has 7 nitrogen and oxygen atoms in total. The fraction of sp³-hybridized carbons (Fsp3) is 0.467. The number of aromatic nitrogens is 5. The molecule has 0 amide bonds. The molecule has 6 rings (SSSR count). The summed E-state index contributed by atoms with van der Waals surface area (Å²) in [5.74, 6) is 2.34. The highest BCUT2D eigenvalue weighted by Gasteiger charge is 2.48. The summed E-state index contributed by atoms with van der Waals surface area (Å²) in [4.78, 5) is 21.1. The Morgan fingerprint density at radius 2 is 1.97 bits per heavy atom. The van der Waals surface area contributed by atoms with E-state index in [1.165, 1.54) is 24.0 Å². The van der Waals surface area contributed by atoms with Gasteiger partial charge in [-0.3, -0.25) is 14.1 Å². The van der Waals surface area contributed by atoms with Crippen molar-refractivity contribution in [3.05, 3.63) is 81.9 Å². The zero-order chi connectivity index (χ0) is 25.7. The van der Waals surface area contributed by atoms with Crippen molar-refractivity contribution in [2.24, 2.45) is 18.9 Å². The molecule has 0 spiro atoms. The van der Waals surface area contributed by atoms with Crippen LogP contribution in [0.2, 0.25) is 0 Å². The third kappa shape index (κ3) is 4.19. The van der Waals surface area contributed by atoms with Crippen molar-refractivity contribution in [2.45, 2.75) is 58.4 Å². The predicted octanol–water partition coefficient (Wildman–Crippen LogP) is 4.75. The van der Waals surface area contributed by atoms with Gasteiger partial charge in [0.15, 0.2) is 0 Å². The molecule has 7 heteroatoms. The molecule has 4 heterocycles. The monoisotopic (exact) mass is 496 g/mol. The molecule has 0 N–H and O–H groups in total. The van der Waals surface area contributed by atoms with E-state index in [0.29, 0.717) is 11.5 Å². The summed E-state index contributed by atoms with van der Waals surface area (Å²) >= 11 is 0. The van der Waals surface area contributed by atoms with E-state index in [1.807, 2.05) is 30.8 Å². The number of likely N-dealkylation sites (tertiary alicyclic amines) is 1. The van der Waals surface area contributed by atoms with Crippen LogP contribution in [0.3, 0.4) is 0 Å². The topological polar surface area (TPSA) is 68.3 Å². The smallest absolute Gasteiger partial charge is 0.265 e. The Balaban J connectivity index is 1.39. The molecule has 1 atom stereocenters. The van der Waals surface area contributed by atoms with Crippen LogP contribution >= 0.6 is 0 Å². The van der Waals surface area contributed by atoms with Crippen molar-refractivity contribution in [1.29, 1.82) is 0 Å². The minimum absolute atomic E-state index is 0.0196. The largest absolute Gasteiger partial charge is 0.320 e. The molecule has 192 valence electrons. The van der Waals surface area contributed by atoms with Crippen LogP contribution in [0.4, 0.5) is 0 Å². The van der Waals surface area contributed by atoms with E-state index < -0.39 is 0 Å². The lowest BCUT2D eigenvalue weighted by atomic mass is 9.58. The van der Waals surface area contributed by atoms with Gasteiger partial charge in [0.05, 0.1) is 11.0 Å². The molecule has 37 heavy (non-hydrogen) atoms. The van der Waals surface area contributed by atoms with Crippen LogP contribution in [0, 0.1) is 18.8 Å². The first kappa shape index (κ1) is 24.0. The van der Waals surface area contributed by atoms with Gasteiger partial charge < -0.3 is 4.57 Å². The number of pyridine rings is 1. The van der Waals surface area contributed by atoms with E-state index in [2.05, 4.69) is 53.2 Å². The Labute approximate surface area is 218 Å². The molecule has 1 saturated carbocycles. The number of benzene rings is 1. The second-order valence-corrected chi connectivity index (χ2v) is 11.6. The number of nitrogens with zero attached hydrogens (tertiary/aromatic N) is 6. The van der Waals surface area contributed by atoms with Crippen molar-refractivity contribution >= 4 is 5.65 Å². The molecule has 1 aromatic carbocycles. The van der Waals surface area contributed by atoms with E-state index in [0.717, 1.165) is 61.0 Å². The van der Waals surface area contributed by atoms with Crippen LogP contribution in [0.1, 0.15) is 62.0 Å². The van der Waals surface area contributed by atoms with Gasteiger partial charge in [0, 0.05) is 32.5 Å². The average Bonchev–Trinajstić information content (AvgIpc) is 3.28. The van der Waals surface area contributed by atoms with Gasteiger partial charge in [-0.25, -0.2) is 4.98 Å². The van der Waals surface area contributed by atoms with Crippen molar-refractivity contribution in [3.8, 4) is 11.1 Å². The van der Waals surface area contributed by atoms with E-state index in [9.17, 15) is 4.79 Å². The summed E-state index contributed by atoms with van der Waals surface area (Å²) < 4.78 is 3.78. The molecule has 1 aliphatic carbocycles. The number of hydrogen-bond donors (Lipinski definition) is 0. The zero-order valence-electron chi connectivity index (χ0n) is 22.3. The Morgan fingerprint density at radius 1 is 1.14 bits per heavy atom. The lowest BCUT2D eigenvalue weighted by Crippen LogP contribution is -2.43. The van der Waals surface area contributed by atoms with Crippen LogP contribution in [-0.2, 0) is 19.0 Å². The maximum Gasteiger partial charge on any atom is 0.265 e. The van der Waals surface area contributed by atoms with Crippen molar-refractivity contribution in [2.75, 3.05) is 13.1 Å². The van der Waals surface area contributed by atoms with E-state index in [4.69, 9.17) is 4.98 Å². The first-order valence-corrected chi connectivity index (χ1v) is 13.5. The first-order valence-electron chi connectivity index (χ1n) is 13.5. The molecule has 0 bridgehead atoms. The highest BCUT2D eigenvalue weighted by molar-refractivity contribution is 5.65. The highest BCUT2D eigenvalue weighted by atomic mass is 16.1. The summed E-state index contributed by atoms with van der Waals surface area (Å²) in [5.41, 5.74) is 5.45. The van der Waals surface area contributed by atoms with Crippen LogP contribution < -0.4 is 5.56 Å². The number of rotatable bonds is 5. The molecule has 2 fully saturated rings. The number of aryl methyl sites for hydroxylation is 2. The second-order valence-electron chi connectivity index (χ2n) is 11.6. The fourth-order valence-corrected chi connectivity index (χ4v) is 6.78. The molecule has 2 aliphatic rings. The van der Waals surface area contributed by atoms with Gasteiger partial charge in [-0.05, 0) is 85.4 Å². The zero-order valence-corrected chi connectivity index (χ0v) is 22.3. The molecular weight excluding hydrogens is 460 g/mol. The summed E-state index contributed by atoms with van der Waals surface area (Å²) in [6.07, 6.45) is 10.1. The van der Waals surface area contributed by atoms with Gasteiger partial charge in [0.1, 0.15) is 17.8 Å². The summed E-state index contributed by atoms with van der Waals surface area (Å²) in [6.45, 7) is 9.75. The molecular formula is C30H36N6O. The van der Waals surface area contributed by atoms with Crippen LogP contribution in [0.15, 0.2) is 53.8 Å². The molecule has 3 aromatic heterocycles. The maximum atomic E-state index is 13.8. The van der Waals surface area contributed by atoms with E-state index in [1.54, 1.807) is 16.9 Å². The normalized spacial score (nSPS) is 24.3. The van der Waals surface area contributed by atoms with Crippen LogP contribution in [0.25, 0.3) is 16.8 Å². The van der Waals surface area contributed by atoms with Gasteiger partial charge in [-0.15, -0.1) is 10.2 Å². The Kier molecular flexibility index (Phi) is 5.98. The first-order chi connectivity index (χ1) is 17.8. The van der Waals surface area contributed by atoms with Gasteiger partial charge in [-0.1, -0.05) is 32.0 Å². The summed E-state index contributed by atoms with van der Waals surface area (Å²) in [5, 5.41) is 8.64. The summed E-state index contributed by atoms with van der Waals surface area (Å²) in [6, 6.07) is 10.6. The van der Waals surface area contributed by atoms with Crippen LogP contribution in [-0.4, -0.2) is 42.1 Å². The van der Waals surface area contributed by atoms with E-state index in [-0.39, 0.29) is 11.0 Å². The number of piperidine rings is 1. The van der Waals surface area contributed by atoms with Gasteiger partial charge in [0.2, 0.25) is 0 Å². The number of hydrogen-bond acceptors (Lipinski definition) is 5. The molecule has 0 unspecified atom stereocenters. The lowest BCUT2D eigenvalue weighted by Gasteiger charge is -2.46.